The molecule has 0 fully saturated rings. The third-order valence-electron chi connectivity index (χ3n) is 7.67. The summed E-state index contributed by atoms with van der Waals surface area (Å²) in [6.07, 6.45) is 15.4. The number of rotatable bonds is 18. The predicted molar refractivity (Wildman–Crippen MR) is 173 cm³/mol. The summed E-state index contributed by atoms with van der Waals surface area (Å²) >= 11 is 0. The van der Waals surface area contributed by atoms with E-state index in [2.05, 4.69) is 19.9 Å². The average molecular weight is 621 g/mol. The molecule has 0 spiro atoms. The number of aryl methyl sites for hydroxylation is 2. The number of hydrogen-bond acceptors (Lipinski definition) is 5. The molecule has 0 heterocycles. The predicted octanol–water partition coefficient (Wildman–Crippen LogP) is 8.16. The van der Waals surface area contributed by atoms with Crippen LogP contribution in [0.4, 0.5) is 0 Å². The quantitative estimate of drug-likeness (QED) is 0.0484. The second-order valence-electron chi connectivity index (χ2n) is 11.0. The summed E-state index contributed by atoms with van der Waals surface area (Å²) in [7, 11) is -4.66. The summed E-state index contributed by atoms with van der Waals surface area (Å²) in [4.78, 5) is 24.8. The molecule has 230 valence electrons. The fraction of sp³-hybridized carbons (Fsp3) is 0.471. The van der Waals surface area contributed by atoms with Crippen molar-refractivity contribution in [3.63, 3.8) is 0 Å². The van der Waals surface area contributed by atoms with E-state index in [1.165, 1.54) is 44.9 Å². The van der Waals surface area contributed by atoms with E-state index in [4.69, 9.17) is 4.74 Å². The van der Waals surface area contributed by atoms with Gasteiger partial charge < -0.3 is 9.84 Å². The normalized spacial score (nSPS) is 11.3. The SMILES string of the molecule is CCCCCCCCc1ccc2ccc(CCCCCCCC)c(OC(=O)c3cc(S(=O)(=O)O)ccc3C(=O)O)c2c1.[NaH]. The number of ether oxygens (including phenoxy) is 1. The Bertz CT molecular complexity index is 1460. The molecule has 0 aromatic heterocycles. The summed E-state index contributed by atoms with van der Waals surface area (Å²) in [6.45, 7) is 4.38. The van der Waals surface area contributed by atoms with Crippen LogP contribution in [0.5, 0.6) is 5.75 Å². The first kappa shape index (κ1) is 37.0. The number of unbranched alkanes of at least 4 members (excludes halogenated alkanes) is 10. The van der Waals surface area contributed by atoms with Crippen molar-refractivity contribution >= 4 is 62.4 Å². The molecule has 0 radical (unpaired) electrons. The van der Waals surface area contributed by atoms with Gasteiger partial charge in [0.15, 0.2) is 0 Å². The first-order valence-electron chi connectivity index (χ1n) is 15.3. The molecule has 0 unspecified atom stereocenters. The number of carboxylic acids is 1. The van der Waals surface area contributed by atoms with E-state index >= 15 is 0 Å². The van der Waals surface area contributed by atoms with Crippen molar-refractivity contribution < 1.29 is 32.4 Å². The first-order valence-corrected chi connectivity index (χ1v) is 16.7. The van der Waals surface area contributed by atoms with E-state index in [0.717, 1.165) is 78.6 Å². The Morgan fingerprint density at radius 2 is 1.30 bits per heavy atom. The maximum absolute atomic E-state index is 13.5. The zero-order valence-corrected chi connectivity index (χ0v) is 25.7. The molecular weight excluding hydrogens is 575 g/mol. The molecular formula is C34H45NaO7S. The van der Waals surface area contributed by atoms with Gasteiger partial charge in [0.2, 0.25) is 0 Å². The van der Waals surface area contributed by atoms with Crippen LogP contribution in [0.1, 0.15) is 123 Å². The minimum atomic E-state index is -4.66. The molecule has 3 aromatic carbocycles. The van der Waals surface area contributed by atoms with Crippen LogP contribution in [-0.2, 0) is 23.0 Å². The van der Waals surface area contributed by atoms with Gasteiger partial charge in [0.1, 0.15) is 5.75 Å². The van der Waals surface area contributed by atoms with Crippen LogP contribution in [0.3, 0.4) is 0 Å². The van der Waals surface area contributed by atoms with Crippen molar-refractivity contribution in [1.29, 1.82) is 0 Å². The van der Waals surface area contributed by atoms with Crippen molar-refractivity contribution in [2.24, 2.45) is 0 Å². The van der Waals surface area contributed by atoms with E-state index < -0.39 is 38.1 Å². The average Bonchev–Trinajstić information content (AvgIpc) is 2.96. The van der Waals surface area contributed by atoms with Crippen molar-refractivity contribution in [1.82, 2.24) is 0 Å². The number of esters is 1. The van der Waals surface area contributed by atoms with Crippen molar-refractivity contribution in [2.75, 3.05) is 0 Å². The standard InChI is InChI=1S/C34H44O7S.Na.H/c1-3-5-7-9-11-13-15-25-17-18-26-19-20-27(16-14-12-10-8-6-4-2)32(30(26)23-25)41-34(37)31-24-28(42(38,39)40)21-22-29(31)33(35)36;;/h17-24H,3-16H2,1-2H3,(H,35,36)(H,38,39,40);;. The maximum atomic E-state index is 13.5. The summed E-state index contributed by atoms with van der Waals surface area (Å²) in [5.41, 5.74) is 1.12. The van der Waals surface area contributed by atoms with Crippen molar-refractivity contribution in [3.05, 3.63) is 70.8 Å². The molecule has 0 saturated heterocycles. The van der Waals surface area contributed by atoms with Gasteiger partial charge in [0, 0.05) is 5.39 Å². The molecule has 0 atom stereocenters. The molecule has 7 nitrogen and oxygen atoms in total. The van der Waals surface area contributed by atoms with Gasteiger partial charge in [-0.15, -0.1) is 0 Å². The minimum absolute atomic E-state index is 0. The van der Waals surface area contributed by atoms with Crippen LogP contribution in [0.25, 0.3) is 10.8 Å². The second kappa shape index (κ2) is 18.5. The van der Waals surface area contributed by atoms with Crippen LogP contribution in [0.15, 0.2) is 53.4 Å². The number of carbonyl (C=O) groups is 2. The van der Waals surface area contributed by atoms with Gasteiger partial charge in [-0.3, -0.25) is 4.55 Å². The zero-order valence-electron chi connectivity index (χ0n) is 24.9. The molecule has 9 heteroatoms. The van der Waals surface area contributed by atoms with Gasteiger partial charge in [-0.05, 0) is 66.5 Å². The Morgan fingerprint density at radius 3 is 1.91 bits per heavy atom. The van der Waals surface area contributed by atoms with Crippen LogP contribution >= 0.6 is 0 Å². The van der Waals surface area contributed by atoms with Gasteiger partial charge in [0.25, 0.3) is 10.1 Å². The first-order chi connectivity index (χ1) is 20.2. The van der Waals surface area contributed by atoms with Crippen molar-refractivity contribution in [3.8, 4) is 5.75 Å². The number of carboxylic acid groups (broad SMARTS) is 1. The van der Waals surface area contributed by atoms with Gasteiger partial charge in [-0.2, -0.15) is 8.42 Å². The van der Waals surface area contributed by atoms with Crippen LogP contribution in [0.2, 0.25) is 0 Å². The molecule has 0 aliphatic rings. The zero-order chi connectivity index (χ0) is 30.5. The molecule has 0 aliphatic heterocycles. The molecule has 0 aliphatic carbocycles. The number of hydrogen-bond donors (Lipinski definition) is 2. The summed E-state index contributed by atoms with van der Waals surface area (Å²) in [6, 6.07) is 12.9. The number of carbonyl (C=O) groups excluding carboxylic acids is 1. The third-order valence-corrected chi connectivity index (χ3v) is 8.52. The summed E-state index contributed by atoms with van der Waals surface area (Å²) in [5, 5.41) is 11.3. The van der Waals surface area contributed by atoms with E-state index in [1.54, 1.807) is 0 Å². The van der Waals surface area contributed by atoms with Gasteiger partial charge in [-0.1, -0.05) is 102 Å². The van der Waals surface area contributed by atoms with Gasteiger partial charge in [-0.25, -0.2) is 9.59 Å². The third kappa shape index (κ3) is 11.3. The van der Waals surface area contributed by atoms with E-state index in [0.29, 0.717) is 12.2 Å². The molecule has 0 saturated carbocycles. The molecule has 3 aromatic rings. The number of fused-ring (bicyclic) bond motifs is 1. The Labute approximate surface area is 278 Å². The number of aromatic carboxylic acids is 1. The Morgan fingerprint density at radius 1 is 0.721 bits per heavy atom. The van der Waals surface area contributed by atoms with E-state index in [9.17, 15) is 27.7 Å². The van der Waals surface area contributed by atoms with Crippen LogP contribution in [0, 0.1) is 0 Å². The van der Waals surface area contributed by atoms with E-state index in [-0.39, 0.29) is 29.6 Å². The fourth-order valence-electron chi connectivity index (χ4n) is 5.25. The molecule has 2 N–H and O–H groups in total. The molecule has 3 rings (SSSR count). The Hall–Kier alpha value is -2.23. The molecule has 0 bridgehead atoms. The Balaban J connectivity index is 0.00000645. The molecule has 0 amide bonds. The monoisotopic (exact) mass is 620 g/mol. The van der Waals surface area contributed by atoms with Crippen LogP contribution in [-0.4, -0.2) is 59.6 Å². The van der Waals surface area contributed by atoms with Crippen LogP contribution < -0.4 is 4.74 Å². The second-order valence-corrected chi connectivity index (χ2v) is 12.4. The summed E-state index contributed by atoms with van der Waals surface area (Å²) < 4.78 is 38.9. The number of benzene rings is 3. The molecule has 43 heavy (non-hydrogen) atoms. The van der Waals surface area contributed by atoms with Gasteiger partial charge >= 0.3 is 41.5 Å². The fourth-order valence-corrected chi connectivity index (χ4v) is 5.76. The van der Waals surface area contributed by atoms with Gasteiger partial charge in [0.05, 0.1) is 16.0 Å². The van der Waals surface area contributed by atoms with Crippen molar-refractivity contribution in [2.45, 2.75) is 109 Å². The Kier molecular flexibility index (Phi) is 15.9. The van der Waals surface area contributed by atoms with E-state index in [1.807, 2.05) is 24.3 Å². The topological polar surface area (TPSA) is 118 Å². The summed E-state index contributed by atoms with van der Waals surface area (Å²) in [5.74, 6) is -2.03.